The van der Waals surface area contributed by atoms with Crippen molar-refractivity contribution >= 4 is 21.6 Å². The number of rotatable bonds is 7. The second-order valence-electron chi connectivity index (χ2n) is 7.24. The molecule has 6 nitrogen and oxygen atoms in total. The fourth-order valence-electron chi connectivity index (χ4n) is 3.07. The van der Waals surface area contributed by atoms with Crippen molar-refractivity contribution in [2.75, 3.05) is 20.2 Å². The zero-order valence-corrected chi connectivity index (χ0v) is 17.7. The first-order valence-corrected chi connectivity index (χ1v) is 11.1. The van der Waals surface area contributed by atoms with Gasteiger partial charge >= 0.3 is 0 Å². The SMILES string of the molecule is CC(C)CNS(=O)(=O)[C@H]1CON(C)[C@H]1c1cccc(Oc2ccc(Cl)cc2)c1. The first-order valence-electron chi connectivity index (χ1n) is 9.14. The first kappa shape index (κ1) is 21.1. The van der Waals surface area contributed by atoms with Gasteiger partial charge in [0, 0.05) is 18.6 Å². The summed E-state index contributed by atoms with van der Waals surface area (Å²) >= 11 is 5.91. The van der Waals surface area contributed by atoms with Crippen LogP contribution in [-0.2, 0) is 14.9 Å². The van der Waals surface area contributed by atoms with Crippen molar-refractivity contribution in [3.8, 4) is 11.5 Å². The summed E-state index contributed by atoms with van der Waals surface area (Å²) < 4.78 is 34.2. The highest BCUT2D eigenvalue weighted by atomic mass is 35.5. The van der Waals surface area contributed by atoms with Crippen LogP contribution in [0.5, 0.6) is 11.5 Å². The normalized spacial score (nSPS) is 20.6. The van der Waals surface area contributed by atoms with Crippen molar-refractivity contribution in [1.29, 1.82) is 0 Å². The molecule has 28 heavy (non-hydrogen) atoms. The lowest BCUT2D eigenvalue weighted by Crippen LogP contribution is -2.40. The standard InChI is InChI=1S/C20H25ClN2O4S/c1-14(2)12-22-28(24,25)19-13-26-23(3)20(19)15-5-4-6-18(11-15)27-17-9-7-16(21)8-10-17/h4-11,14,19-20,22H,12-13H2,1-3H3/t19-,20-/m0/s1. The predicted octanol–water partition coefficient (Wildman–Crippen LogP) is 3.99. The minimum Gasteiger partial charge on any atom is -0.457 e. The number of ether oxygens (including phenoxy) is 1. The summed E-state index contributed by atoms with van der Waals surface area (Å²) in [7, 11) is -1.79. The van der Waals surface area contributed by atoms with Crippen LogP contribution in [0.4, 0.5) is 0 Å². The van der Waals surface area contributed by atoms with E-state index in [1.54, 1.807) is 36.4 Å². The second kappa shape index (κ2) is 8.80. The molecule has 2 atom stereocenters. The van der Waals surface area contributed by atoms with Gasteiger partial charge in [-0.05, 0) is 47.9 Å². The zero-order valence-electron chi connectivity index (χ0n) is 16.1. The molecule has 152 valence electrons. The molecule has 0 unspecified atom stereocenters. The maximum Gasteiger partial charge on any atom is 0.218 e. The van der Waals surface area contributed by atoms with Gasteiger partial charge in [-0.25, -0.2) is 13.1 Å². The van der Waals surface area contributed by atoms with Gasteiger partial charge in [-0.2, -0.15) is 5.06 Å². The van der Waals surface area contributed by atoms with Crippen molar-refractivity contribution < 1.29 is 18.0 Å². The zero-order chi connectivity index (χ0) is 20.3. The Kier molecular flexibility index (Phi) is 6.62. The summed E-state index contributed by atoms with van der Waals surface area (Å²) in [6.07, 6.45) is 0. The van der Waals surface area contributed by atoms with E-state index >= 15 is 0 Å². The third kappa shape index (κ3) is 5.04. The molecular weight excluding hydrogens is 400 g/mol. The van der Waals surface area contributed by atoms with E-state index in [4.69, 9.17) is 21.2 Å². The van der Waals surface area contributed by atoms with Crippen LogP contribution in [0.3, 0.4) is 0 Å². The fraction of sp³-hybridized carbons (Fsp3) is 0.400. The molecule has 1 fully saturated rings. The molecule has 0 aliphatic carbocycles. The molecule has 0 radical (unpaired) electrons. The summed E-state index contributed by atoms with van der Waals surface area (Å²) in [5, 5.41) is 1.52. The molecule has 1 N–H and O–H groups in total. The number of halogens is 1. The summed E-state index contributed by atoms with van der Waals surface area (Å²) in [6.45, 7) is 4.44. The van der Waals surface area contributed by atoms with Crippen LogP contribution in [0.2, 0.25) is 5.02 Å². The lowest BCUT2D eigenvalue weighted by atomic mass is 10.0. The third-order valence-electron chi connectivity index (χ3n) is 4.53. The molecule has 0 aromatic heterocycles. The molecule has 2 aromatic carbocycles. The number of hydrogen-bond donors (Lipinski definition) is 1. The van der Waals surface area contributed by atoms with Crippen molar-refractivity contribution in [3.63, 3.8) is 0 Å². The van der Waals surface area contributed by atoms with E-state index in [0.717, 1.165) is 5.56 Å². The van der Waals surface area contributed by atoms with E-state index < -0.39 is 21.3 Å². The Bertz CT molecular complexity index is 903. The topological polar surface area (TPSA) is 67.9 Å². The van der Waals surface area contributed by atoms with Gasteiger partial charge < -0.3 is 4.74 Å². The van der Waals surface area contributed by atoms with E-state index in [-0.39, 0.29) is 12.5 Å². The Labute approximate surface area is 171 Å². The molecule has 0 spiro atoms. The quantitative estimate of drug-likeness (QED) is 0.727. The molecule has 0 bridgehead atoms. The molecule has 1 aliphatic rings. The van der Waals surface area contributed by atoms with Crippen molar-refractivity contribution in [3.05, 3.63) is 59.1 Å². The lowest BCUT2D eigenvalue weighted by molar-refractivity contribution is -0.110. The van der Waals surface area contributed by atoms with Gasteiger partial charge in [-0.15, -0.1) is 0 Å². The van der Waals surface area contributed by atoms with Crippen molar-refractivity contribution in [2.45, 2.75) is 25.1 Å². The molecule has 2 aromatic rings. The molecule has 8 heteroatoms. The van der Waals surface area contributed by atoms with Gasteiger partial charge in [0.05, 0.1) is 12.6 Å². The van der Waals surface area contributed by atoms with Gasteiger partial charge in [-0.3, -0.25) is 4.84 Å². The highest BCUT2D eigenvalue weighted by Gasteiger charge is 2.43. The van der Waals surface area contributed by atoms with Crippen LogP contribution < -0.4 is 9.46 Å². The van der Waals surface area contributed by atoms with E-state index in [9.17, 15) is 8.42 Å². The fourth-order valence-corrected chi connectivity index (χ4v) is 4.88. The van der Waals surface area contributed by atoms with Crippen LogP contribution >= 0.6 is 11.6 Å². The monoisotopic (exact) mass is 424 g/mol. The molecule has 0 amide bonds. The molecule has 3 rings (SSSR count). The Morgan fingerprint density at radius 2 is 1.93 bits per heavy atom. The highest BCUT2D eigenvalue weighted by molar-refractivity contribution is 7.90. The minimum absolute atomic E-state index is 0.108. The predicted molar refractivity (Wildman–Crippen MR) is 110 cm³/mol. The number of nitrogens with zero attached hydrogens (tertiary/aromatic N) is 1. The minimum atomic E-state index is -3.53. The van der Waals surface area contributed by atoms with Crippen molar-refractivity contribution in [2.24, 2.45) is 5.92 Å². The van der Waals surface area contributed by atoms with Gasteiger partial charge in [0.1, 0.15) is 16.7 Å². The van der Waals surface area contributed by atoms with E-state index in [1.807, 2.05) is 38.1 Å². The van der Waals surface area contributed by atoms with Gasteiger partial charge in [0.25, 0.3) is 0 Å². The van der Waals surface area contributed by atoms with Gasteiger partial charge in [-0.1, -0.05) is 37.6 Å². The highest BCUT2D eigenvalue weighted by Crippen LogP contribution is 2.35. The molecular formula is C20H25ClN2O4S. The Balaban J connectivity index is 1.83. The second-order valence-corrected chi connectivity index (χ2v) is 9.66. The number of benzene rings is 2. The summed E-state index contributed by atoms with van der Waals surface area (Å²) in [5.41, 5.74) is 0.811. The first-order chi connectivity index (χ1) is 13.3. The van der Waals surface area contributed by atoms with Gasteiger partial charge in [0.2, 0.25) is 10.0 Å². The van der Waals surface area contributed by atoms with Crippen molar-refractivity contribution in [1.82, 2.24) is 9.79 Å². The largest absolute Gasteiger partial charge is 0.457 e. The average molecular weight is 425 g/mol. The van der Waals surface area contributed by atoms with Crippen LogP contribution in [0.1, 0.15) is 25.5 Å². The number of nitrogens with one attached hydrogen (secondary N) is 1. The van der Waals surface area contributed by atoms with Gasteiger partial charge in [0.15, 0.2) is 0 Å². The van der Waals surface area contributed by atoms with Crippen LogP contribution in [0, 0.1) is 5.92 Å². The van der Waals surface area contributed by atoms with E-state index in [2.05, 4.69) is 4.72 Å². The Morgan fingerprint density at radius 1 is 1.21 bits per heavy atom. The van der Waals surface area contributed by atoms with Crippen LogP contribution in [0.15, 0.2) is 48.5 Å². The number of hydroxylamine groups is 2. The maximum absolute atomic E-state index is 12.8. The summed E-state index contributed by atoms with van der Waals surface area (Å²) in [6, 6.07) is 14.0. The lowest BCUT2D eigenvalue weighted by Gasteiger charge is -2.24. The summed E-state index contributed by atoms with van der Waals surface area (Å²) in [5.74, 6) is 1.50. The number of sulfonamides is 1. The Morgan fingerprint density at radius 3 is 2.61 bits per heavy atom. The molecule has 1 aliphatic heterocycles. The molecule has 1 saturated heterocycles. The van der Waals surface area contributed by atoms with Crippen LogP contribution in [-0.4, -0.2) is 38.9 Å². The molecule has 1 heterocycles. The molecule has 0 saturated carbocycles. The van der Waals surface area contributed by atoms with E-state index in [1.165, 1.54) is 0 Å². The smallest absolute Gasteiger partial charge is 0.218 e. The Hall–Kier alpha value is -1.64. The third-order valence-corrected chi connectivity index (χ3v) is 6.54. The van der Waals surface area contributed by atoms with E-state index in [0.29, 0.717) is 23.1 Å². The maximum atomic E-state index is 12.8. The average Bonchev–Trinajstić information content (AvgIpc) is 3.05. The van der Waals surface area contributed by atoms with Crippen LogP contribution in [0.25, 0.3) is 0 Å². The summed E-state index contributed by atoms with van der Waals surface area (Å²) in [4.78, 5) is 5.56. The number of hydrogen-bond acceptors (Lipinski definition) is 5.